The van der Waals surface area contributed by atoms with Crippen LogP contribution in [0.2, 0.25) is 5.02 Å². The van der Waals surface area contributed by atoms with Crippen LogP contribution in [0.25, 0.3) is 0 Å². The van der Waals surface area contributed by atoms with Gasteiger partial charge in [0.1, 0.15) is 11.6 Å². The maximum absolute atomic E-state index is 13.4. The van der Waals surface area contributed by atoms with Crippen LogP contribution in [0.4, 0.5) is 13.9 Å². The molecule has 0 bridgehead atoms. The fraction of sp³-hybridized carbons (Fsp3) is 0.286. The van der Waals surface area contributed by atoms with Crippen molar-refractivity contribution in [3.8, 4) is 0 Å². The summed E-state index contributed by atoms with van der Waals surface area (Å²) in [4.78, 5) is 6.94. The first-order valence-corrected chi connectivity index (χ1v) is 12.3. The van der Waals surface area contributed by atoms with Crippen LogP contribution in [0.15, 0.2) is 52.7 Å². The van der Waals surface area contributed by atoms with Crippen molar-refractivity contribution < 1.29 is 17.2 Å². The lowest BCUT2D eigenvalue weighted by Crippen LogP contribution is -2.39. The minimum absolute atomic E-state index is 0.296. The topological polar surface area (TPSA) is 50.3 Å². The number of halogens is 3. The normalized spacial score (nSPS) is 15.5. The number of rotatable bonds is 5. The van der Waals surface area contributed by atoms with Gasteiger partial charge in [-0.3, -0.25) is 0 Å². The number of anilines is 1. The van der Waals surface area contributed by atoms with E-state index in [-0.39, 0.29) is 0 Å². The zero-order valence-corrected chi connectivity index (χ0v) is 18.3. The maximum atomic E-state index is 13.4. The van der Waals surface area contributed by atoms with Crippen LogP contribution in [0.3, 0.4) is 0 Å². The Balaban J connectivity index is 1.40. The van der Waals surface area contributed by atoms with Crippen LogP contribution >= 0.6 is 22.9 Å². The summed E-state index contributed by atoms with van der Waals surface area (Å²) in [5, 5.41) is 2.73. The Morgan fingerprint density at radius 3 is 2.33 bits per heavy atom. The van der Waals surface area contributed by atoms with E-state index in [9.17, 15) is 17.2 Å². The Hall–Kier alpha value is -2.03. The number of sulfone groups is 1. The van der Waals surface area contributed by atoms with Crippen molar-refractivity contribution in [2.45, 2.75) is 29.4 Å². The fourth-order valence-corrected chi connectivity index (χ4v) is 6.36. The Morgan fingerprint density at radius 1 is 1.07 bits per heavy atom. The maximum Gasteiger partial charge on any atom is 0.185 e. The summed E-state index contributed by atoms with van der Waals surface area (Å²) in [6.07, 6.45) is 1.36. The van der Waals surface area contributed by atoms with Gasteiger partial charge in [-0.25, -0.2) is 22.2 Å². The molecule has 1 fully saturated rings. The van der Waals surface area contributed by atoms with Crippen molar-refractivity contribution in [1.29, 1.82) is 0 Å². The minimum atomic E-state index is -3.40. The third-order valence-electron chi connectivity index (χ3n) is 5.14. The molecule has 2 aromatic carbocycles. The van der Waals surface area contributed by atoms with Crippen LogP contribution < -0.4 is 4.90 Å². The molecule has 0 aliphatic carbocycles. The Labute approximate surface area is 183 Å². The van der Waals surface area contributed by atoms with Gasteiger partial charge in [-0.15, -0.1) is 11.3 Å². The summed E-state index contributed by atoms with van der Waals surface area (Å²) >= 11 is 7.31. The third kappa shape index (κ3) is 4.66. The number of nitrogens with zero attached hydrogens (tertiary/aromatic N) is 2. The van der Waals surface area contributed by atoms with E-state index < -0.39 is 26.7 Å². The Bertz CT molecular complexity index is 1120. The van der Waals surface area contributed by atoms with Crippen LogP contribution in [-0.2, 0) is 16.3 Å². The second-order valence-electron chi connectivity index (χ2n) is 7.26. The summed E-state index contributed by atoms with van der Waals surface area (Å²) < 4.78 is 52.5. The molecule has 30 heavy (non-hydrogen) atoms. The molecule has 0 saturated carbocycles. The number of hydrogen-bond donors (Lipinski definition) is 0. The monoisotopic (exact) mass is 468 g/mol. The van der Waals surface area contributed by atoms with E-state index in [2.05, 4.69) is 9.88 Å². The summed E-state index contributed by atoms with van der Waals surface area (Å²) in [6, 6.07) is 9.72. The van der Waals surface area contributed by atoms with Gasteiger partial charge in [0, 0.05) is 36.0 Å². The first-order chi connectivity index (χ1) is 14.3. The largest absolute Gasteiger partial charge is 0.348 e. The third-order valence-corrected chi connectivity index (χ3v) is 8.62. The van der Waals surface area contributed by atoms with E-state index in [1.54, 1.807) is 24.3 Å². The highest BCUT2D eigenvalue weighted by Gasteiger charge is 2.32. The highest BCUT2D eigenvalue weighted by molar-refractivity contribution is 7.92. The van der Waals surface area contributed by atoms with Gasteiger partial charge < -0.3 is 4.90 Å². The quantitative estimate of drug-likeness (QED) is 0.522. The van der Waals surface area contributed by atoms with Gasteiger partial charge in [-0.2, -0.15) is 0 Å². The van der Waals surface area contributed by atoms with E-state index in [1.807, 2.05) is 5.38 Å². The molecule has 1 aliphatic heterocycles. The van der Waals surface area contributed by atoms with Gasteiger partial charge in [0.2, 0.25) is 0 Å². The van der Waals surface area contributed by atoms with Gasteiger partial charge >= 0.3 is 0 Å². The van der Waals surface area contributed by atoms with E-state index >= 15 is 0 Å². The Morgan fingerprint density at radius 2 is 1.70 bits per heavy atom. The summed E-state index contributed by atoms with van der Waals surface area (Å²) in [7, 11) is -3.40. The standard InChI is InChI=1S/C21H19ClF2N2O2S2/c22-15-1-3-19(4-2-15)30(27,28)20-5-7-26(8-6-20)21-25-18(13-29-21)11-14-9-16(23)12-17(24)10-14/h1-4,9-10,12-13,20H,5-8,11H2. The molecule has 0 spiro atoms. The molecule has 3 aromatic rings. The number of piperidine rings is 1. The molecule has 158 valence electrons. The predicted octanol–water partition coefficient (Wildman–Crippen LogP) is 5.11. The van der Waals surface area contributed by atoms with E-state index in [0.717, 1.165) is 16.9 Å². The van der Waals surface area contributed by atoms with Crippen molar-refractivity contribution >= 4 is 37.9 Å². The molecule has 1 aliphatic rings. The number of benzene rings is 2. The van der Waals surface area contributed by atoms with E-state index in [1.165, 1.54) is 23.5 Å². The second-order valence-corrected chi connectivity index (χ2v) is 10.8. The van der Waals surface area contributed by atoms with Crippen molar-refractivity contribution in [3.05, 3.63) is 75.8 Å². The average molecular weight is 469 g/mol. The molecule has 0 radical (unpaired) electrons. The molecule has 0 atom stereocenters. The van der Waals surface area contributed by atoms with E-state index in [4.69, 9.17) is 11.6 Å². The molecule has 4 rings (SSSR count). The van der Waals surface area contributed by atoms with Crippen molar-refractivity contribution in [2.24, 2.45) is 0 Å². The number of thiazole rings is 1. The van der Waals surface area contributed by atoms with Crippen molar-refractivity contribution in [3.63, 3.8) is 0 Å². The zero-order valence-electron chi connectivity index (χ0n) is 15.9. The lowest BCUT2D eigenvalue weighted by atomic mass is 10.1. The molecule has 1 saturated heterocycles. The van der Waals surface area contributed by atoms with E-state index in [0.29, 0.717) is 47.8 Å². The van der Waals surface area contributed by atoms with Crippen molar-refractivity contribution in [2.75, 3.05) is 18.0 Å². The van der Waals surface area contributed by atoms with Gasteiger partial charge in [-0.1, -0.05) is 11.6 Å². The molecular weight excluding hydrogens is 450 g/mol. The molecule has 9 heteroatoms. The highest BCUT2D eigenvalue weighted by atomic mass is 35.5. The van der Waals surface area contributed by atoms with Crippen molar-refractivity contribution in [1.82, 2.24) is 4.98 Å². The zero-order chi connectivity index (χ0) is 21.3. The molecule has 2 heterocycles. The van der Waals surface area contributed by atoms with Gasteiger partial charge in [0.15, 0.2) is 15.0 Å². The van der Waals surface area contributed by atoms with Crippen LogP contribution in [-0.4, -0.2) is 31.7 Å². The number of aromatic nitrogens is 1. The smallest absolute Gasteiger partial charge is 0.185 e. The summed E-state index contributed by atoms with van der Waals surface area (Å²) in [6.45, 7) is 1.16. The fourth-order valence-electron chi connectivity index (χ4n) is 3.62. The highest BCUT2D eigenvalue weighted by Crippen LogP contribution is 2.30. The predicted molar refractivity (Wildman–Crippen MR) is 115 cm³/mol. The Kier molecular flexibility index (Phi) is 6.09. The lowest BCUT2D eigenvalue weighted by molar-refractivity contribution is 0.529. The minimum Gasteiger partial charge on any atom is -0.348 e. The second kappa shape index (κ2) is 8.61. The van der Waals surface area contributed by atoms with Gasteiger partial charge in [0.05, 0.1) is 15.8 Å². The molecule has 4 nitrogen and oxygen atoms in total. The summed E-state index contributed by atoms with van der Waals surface area (Å²) in [5.41, 5.74) is 1.26. The molecule has 0 amide bonds. The SMILES string of the molecule is O=S(=O)(c1ccc(Cl)cc1)C1CCN(c2nc(Cc3cc(F)cc(F)c3)cs2)CC1. The average Bonchev–Trinajstić information content (AvgIpc) is 3.16. The molecule has 1 aromatic heterocycles. The van der Waals surface area contributed by atoms with Crippen LogP contribution in [0, 0.1) is 11.6 Å². The van der Waals surface area contributed by atoms with Crippen LogP contribution in [0.1, 0.15) is 24.1 Å². The summed E-state index contributed by atoms with van der Waals surface area (Å²) in [5.74, 6) is -1.21. The lowest BCUT2D eigenvalue weighted by Gasteiger charge is -2.31. The molecule has 0 N–H and O–H groups in total. The number of hydrogen-bond acceptors (Lipinski definition) is 5. The first kappa shape index (κ1) is 21.2. The first-order valence-electron chi connectivity index (χ1n) is 9.45. The molecule has 0 unspecified atom stereocenters. The van der Waals surface area contributed by atoms with Crippen LogP contribution in [0.5, 0.6) is 0 Å². The van der Waals surface area contributed by atoms with Gasteiger partial charge in [0.25, 0.3) is 0 Å². The van der Waals surface area contributed by atoms with Gasteiger partial charge in [-0.05, 0) is 54.8 Å². The molecular formula is C21H19ClF2N2O2S2.